The second-order valence-electron chi connectivity index (χ2n) is 5.00. The first-order valence-electron chi connectivity index (χ1n) is 6.56. The Bertz CT molecular complexity index is 839. The fourth-order valence-electron chi connectivity index (χ4n) is 2.78. The summed E-state index contributed by atoms with van der Waals surface area (Å²) >= 11 is 3.33. The normalized spacial score (nSPS) is 15.9. The summed E-state index contributed by atoms with van der Waals surface area (Å²) in [5, 5.41) is 0. The van der Waals surface area contributed by atoms with Gasteiger partial charge in [0.25, 0.3) is 11.8 Å². The van der Waals surface area contributed by atoms with Crippen molar-refractivity contribution in [2.24, 2.45) is 0 Å². The molecule has 0 N–H and O–H groups in total. The van der Waals surface area contributed by atoms with Gasteiger partial charge in [-0.25, -0.2) is 9.69 Å². The molecule has 2 aromatic carbocycles. The molecule has 0 fully saturated rings. The molecule has 0 radical (unpaired) electrons. The van der Waals surface area contributed by atoms with Crippen LogP contribution in [0.4, 0.5) is 5.69 Å². The molecule has 2 heterocycles. The molecule has 0 aliphatic carbocycles. The molecule has 0 spiro atoms. The van der Waals surface area contributed by atoms with Gasteiger partial charge in [-0.3, -0.25) is 9.59 Å². The lowest BCUT2D eigenvalue weighted by molar-refractivity contribution is 0.0535. The van der Waals surface area contributed by atoms with Crippen molar-refractivity contribution >= 4 is 39.4 Å². The molecule has 4 rings (SSSR count). The van der Waals surface area contributed by atoms with Crippen LogP contribution in [0.2, 0.25) is 0 Å². The Kier molecular flexibility index (Phi) is 2.71. The van der Waals surface area contributed by atoms with Gasteiger partial charge in [0.1, 0.15) is 6.61 Å². The molecule has 6 heteroatoms. The lowest BCUT2D eigenvalue weighted by Crippen LogP contribution is -2.31. The number of carbonyl (C=O) groups is 3. The summed E-state index contributed by atoms with van der Waals surface area (Å²) in [4.78, 5) is 38.2. The minimum atomic E-state index is -0.525. The highest BCUT2D eigenvalue weighted by atomic mass is 79.9. The smallest absolute Gasteiger partial charge is 0.341 e. The van der Waals surface area contributed by atoms with Crippen LogP contribution in [0.5, 0.6) is 0 Å². The van der Waals surface area contributed by atoms with Crippen LogP contribution in [-0.4, -0.2) is 17.8 Å². The van der Waals surface area contributed by atoms with Crippen LogP contribution in [0.25, 0.3) is 0 Å². The van der Waals surface area contributed by atoms with Crippen LogP contribution < -0.4 is 4.90 Å². The largest absolute Gasteiger partial charge is 0.457 e. The zero-order chi connectivity index (χ0) is 15.4. The molecule has 2 aliphatic heterocycles. The molecule has 0 bridgehead atoms. The molecule has 2 aliphatic rings. The minimum Gasteiger partial charge on any atom is -0.457 e. The first kappa shape index (κ1) is 13.2. The number of hydrogen-bond acceptors (Lipinski definition) is 4. The summed E-state index contributed by atoms with van der Waals surface area (Å²) in [6.45, 7) is 0.150. The molecular formula is C16H8BrNO4. The van der Waals surface area contributed by atoms with E-state index in [-0.39, 0.29) is 17.9 Å². The summed E-state index contributed by atoms with van der Waals surface area (Å²) in [6.07, 6.45) is 0. The number of fused-ring (bicyclic) bond motifs is 2. The van der Waals surface area contributed by atoms with E-state index in [0.717, 1.165) is 4.90 Å². The highest BCUT2D eigenvalue weighted by Gasteiger charge is 2.41. The maximum absolute atomic E-state index is 12.6. The fourth-order valence-corrected chi connectivity index (χ4v) is 3.29. The number of benzene rings is 2. The number of esters is 1. The Morgan fingerprint density at radius 3 is 2.23 bits per heavy atom. The maximum atomic E-state index is 12.6. The number of anilines is 1. The summed E-state index contributed by atoms with van der Waals surface area (Å²) in [6, 6.07) is 10.1. The molecule has 0 saturated carbocycles. The summed E-state index contributed by atoms with van der Waals surface area (Å²) in [7, 11) is 0. The minimum absolute atomic E-state index is 0.150. The van der Waals surface area contributed by atoms with E-state index in [9.17, 15) is 14.4 Å². The molecule has 5 nitrogen and oxygen atoms in total. The number of halogens is 1. The maximum Gasteiger partial charge on any atom is 0.341 e. The average Bonchev–Trinajstić information content (AvgIpc) is 3.01. The molecule has 0 unspecified atom stereocenters. The monoisotopic (exact) mass is 357 g/mol. The average molecular weight is 358 g/mol. The van der Waals surface area contributed by atoms with Crippen LogP contribution in [-0.2, 0) is 11.3 Å². The predicted octanol–water partition coefficient (Wildman–Crippen LogP) is 2.92. The van der Waals surface area contributed by atoms with Crippen molar-refractivity contribution in [1.29, 1.82) is 0 Å². The van der Waals surface area contributed by atoms with Crippen LogP contribution in [0, 0.1) is 0 Å². The third kappa shape index (κ3) is 1.61. The highest BCUT2D eigenvalue weighted by molar-refractivity contribution is 9.10. The Morgan fingerprint density at radius 1 is 0.955 bits per heavy atom. The zero-order valence-corrected chi connectivity index (χ0v) is 12.7. The Labute approximate surface area is 133 Å². The van der Waals surface area contributed by atoms with Crippen molar-refractivity contribution in [1.82, 2.24) is 0 Å². The van der Waals surface area contributed by atoms with Crippen molar-refractivity contribution in [3.05, 3.63) is 63.1 Å². The molecule has 0 atom stereocenters. The molecule has 0 saturated heterocycles. The summed E-state index contributed by atoms with van der Waals surface area (Å²) in [5.41, 5.74) is 1.86. The number of rotatable bonds is 1. The van der Waals surface area contributed by atoms with E-state index in [1.165, 1.54) is 0 Å². The van der Waals surface area contributed by atoms with Crippen LogP contribution in [0.1, 0.15) is 36.6 Å². The van der Waals surface area contributed by atoms with Crippen molar-refractivity contribution < 1.29 is 19.1 Å². The lowest BCUT2D eigenvalue weighted by Gasteiger charge is -2.18. The van der Waals surface area contributed by atoms with Gasteiger partial charge in [-0.05, 0) is 34.1 Å². The van der Waals surface area contributed by atoms with E-state index in [1.807, 2.05) is 0 Å². The van der Waals surface area contributed by atoms with Gasteiger partial charge in [-0.15, -0.1) is 0 Å². The van der Waals surface area contributed by atoms with Crippen molar-refractivity contribution in [3.8, 4) is 0 Å². The molecular weight excluding hydrogens is 350 g/mol. The second kappa shape index (κ2) is 4.51. The van der Waals surface area contributed by atoms with Gasteiger partial charge >= 0.3 is 5.97 Å². The van der Waals surface area contributed by atoms with Gasteiger partial charge in [0.05, 0.1) is 22.4 Å². The van der Waals surface area contributed by atoms with Gasteiger partial charge < -0.3 is 4.74 Å². The number of cyclic esters (lactones) is 1. The van der Waals surface area contributed by atoms with E-state index in [0.29, 0.717) is 21.2 Å². The van der Waals surface area contributed by atoms with Crippen molar-refractivity contribution in [2.45, 2.75) is 6.61 Å². The summed E-state index contributed by atoms with van der Waals surface area (Å²) < 4.78 is 5.52. The third-order valence-electron chi connectivity index (χ3n) is 3.80. The van der Waals surface area contributed by atoms with Gasteiger partial charge in [0.2, 0.25) is 0 Å². The first-order chi connectivity index (χ1) is 10.6. The number of ether oxygens (including phenoxy) is 1. The number of hydrogen-bond donors (Lipinski definition) is 0. The first-order valence-corrected chi connectivity index (χ1v) is 7.35. The van der Waals surface area contributed by atoms with Gasteiger partial charge in [-0.1, -0.05) is 18.2 Å². The van der Waals surface area contributed by atoms with Gasteiger partial charge in [-0.2, -0.15) is 0 Å². The zero-order valence-electron chi connectivity index (χ0n) is 11.1. The quantitative estimate of drug-likeness (QED) is 0.581. The van der Waals surface area contributed by atoms with E-state index in [2.05, 4.69) is 15.9 Å². The lowest BCUT2D eigenvalue weighted by atomic mass is 10.1. The Balaban J connectivity index is 1.96. The molecule has 22 heavy (non-hydrogen) atoms. The van der Waals surface area contributed by atoms with Gasteiger partial charge in [0, 0.05) is 10.0 Å². The number of nitrogens with zero attached hydrogens (tertiary/aromatic N) is 1. The van der Waals surface area contributed by atoms with Crippen LogP contribution >= 0.6 is 15.9 Å². The number of carbonyl (C=O) groups excluding carboxylic acids is 3. The van der Waals surface area contributed by atoms with Crippen molar-refractivity contribution in [2.75, 3.05) is 4.90 Å². The fraction of sp³-hybridized carbons (Fsp3) is 0.0625. The molecule has 0 aromatic heterocycles. The van der Waals surface area contributed by atoms with E-state index >= 15 is 0 Å². The molecule has 2 amide bonds. The Hall–Kier alpha value is -2.47. The van der Waals surface area contributed by atoms with Crippen LogP contribution in [0.3, 0.4) is 0 Å². The Morgan fingerprint density at radius 2 is 1.59 bits per heavy atom. The standard InChI is InChI=1S/C16H8BrNO4/c17-11-6-5-8-7-22-16(21)12(8)13(11)18-14(19)9-3-1-2-4-10(9)15(18)20/h1-6H,7H2. The summed E-state index contributed by atoms with van der Waals surface area (Å²) in [5.74, 6) is -1.40. The van der Waals surface area contributed by atoms with E-state index in [4.69, 9.17) is 4.74 Å². The van der Waals surface area contributed by atoms with E-state index in [1.54, 1.807) is 36.4 Å². The highest BCUT2D eigenvalue weighted by Crippen LogP contribution is 2.40. The molecule has 108 valence electrons. The van der Waals surface area contributed by atoms with Crippen molar-refractivity contribution in [3.63, 3.8) is 0 Å². The second-order valence-corrected chi connectivity index (χ2v) is 5.85. The third-order valence-corrected chi connectivity index (χ3v) is 4.44. The van der Waals surface area contributed by atoms with Gasteiger partial charge in [0.15, 0.2) is 0 Å². The predicted molar refractivity (Wildman–Crippen MR) is 80.8 cm³/mol. The van der Waals surface area contributed by atoms with Crippen LogP contribution in [0.15, 0.2) is 40.9 Å². The SMILES string of the molecule is O=C1OCc2ccc(Br)c(N3C(=O)c4ccccc4C3=O)c21. The molecule has 2 aromatic rings. The number of imide groups is 1. The van der Waals surface area contributed by atoms with E-state index < -0.39 is 17.8 Å². The number of amides is 2. The topological polar surface area (TPSA) is 63.7 Å².